The summed E-state index contributed by atoms with van der Waals surface area (Å²) in [6.07, 6.45) is 0.810. The van der Waals surface area contributed by atoms with E-state index in [1.54, 1.807) is 22.8 Å². The van der Waals surface area contributed by atoms with Gasteiger partial charge < -0.3 is 10.2 Å². The van der Waals surface area contributed by atoms with Gasteiger partial charge in [0.05, 0.1) is 23.2 Å². The van der Waals surface area contributed by atoms with Crippen LogP contribution in [0.5, 0.6) is 0 Å². The minimum Gasteiger partial charge on any atom is -0.336 e. The highest BCUT2D eigenvalue weighted by atomic mass is 32.2. The van der Waals surface area contributed by atoms with Crippen LogP contribution in [0.1, 0.15) is 20.3 Å². The Bertz CT molecular complexity index is 1190. The second kappa shape index (κ2) is 11.1. The van der Waals surface area contributed by atoms with Crippen LogP contribution in [0, 0.1) is 11.7 Å². The number of thioether (sulfide) groups is 1. The summed E-state index contributed by atoms with van der Waals surface area (Å²) in [6.45, 7) is 4.53. The maximum atomic E-state index is 13.0. The molecule has 2 amide bonds. The number of nitrogens with one attached hydrogen (secondary N) is 1. The summed E-state index contributed by atoms with van der Waals surface area (Å²) in [5.41, 5.74) is 0.916. The molecule has 0 fully saturated rings. The second-order valence-corrected chi connectivity index (χ2v) is 9.09. The van der Waals surface area contributed by atoms with Crippen molar-refractivity contribution in [2.24, 2.45) is 5.92 Å². The van der Waals surface area contributed by atoms with E-state index in [1.807, 2.05) is 6.07 Å². The Hall–Kier alpha value is -3.20. The molecule has 0 aliphatic rings. The predicted molar refractivity (Wildman–Crippen MR) is 129 cm³/mol. The molecule has 0 unspecified atom stereocenters. The Morgan fingerprint density at radius 3 is 2.55 bits per heavy atom. The fraction of sp³-hybridized carbons (Fsp3) is 0.333. The molecule has 0 aliphatic heterocycles. The van der Waals surface area contributed by atoms with Crippen LogP contribution < -0.4 is 10.9 Å². The summed E-state index contributed by atoms with van der Waals surface area (Å²) in [4.78, 5) is 43.8. The number of carbonyl (C=O) groups is 2. The van der Waals surface area contributed by atoms with Crippen molar-refractivity contribution >= 4 is 40.2 Å². The number of rotatable bonds is 9. The lowest BCUT2D eigenvalue weighted by Gasteiger charge is -2.18. The number of anilines is 1. The molecule has 0 spiro atoms. The van der Waals surface area contributed by atoms with Gasteiger partial charge in [-0.15, -0.1) is 0 Å². The quantitative estimate of drug-likeness (QED) is 0.380. The van der Waals surface area contributed by atoms with Crippen molar-refractivity contribution in [2.45, 2.75) is 32.0 Å². The van der Waals surface area contributed by atoms with Crippen LogP contribution >= 0.6 is 11.8 Å². The summed E-state index contributed by atoms with van der Waals surface area (Å²) < 4.78 is 14.6. The van der Waals surface area contributed by atoms with Crippen molar-refractivity contribution in [3.63, 3.8) is 0 Å². The number of hydrogen-bond donors (Lipinski definition) is 1. The number of nitrogens with zero attached hydrogens (tertiary/aromatic N) is 3. The highest BCUT2D eigenvalue weighted by Crippen LogP contribution is 2.19. The number of carbonyl (C=O) groups excluding carboxylic acids is 2. The lowest BCUT2D eigenvalue weighted by Crippen LogP contribution is -2.36. The number of aromatic nitrogens is 2. The van der Waals surface area contributed by atoms with Crippen LogP contribution in [0.3, 0.4) is 0 Å². The smallest absolute Gasteiger partial charge is 0.262 e. The van der Waals surface area contributed by atoms with E-state index in [-0.39, 0.29) is 29.7 Å². The third-order valence-corrected chi connectivity index (χ3v) is 5.98. The topological polar surface area (TPSA) is 84.3 Å². The van der Waals surface area contributed by atoms with Crippen molar-refractivity contribution in [3.8, 4) is 0 Å². The van der Waals surface area contributed by atoms with Gasteiger partial charge in [0, 0.05) is 19.3 Å². The Balaban J connectivity index is 1.67. The van der Waals surface area contributed by atoms with E-state index >= 15 is 0 Å². The summed E-state index contributed by atoms with van der Waals surface area (Å²) >= 11 is 1.18. The van der Waals surface area contributed by atoms with Gasteiger partial charge in [0.1, 0.15) is 5.82 Å². The number of benzene rings is 2. The number of amides is 2. The Kier molecular flexibility index (Phi) is 8.21. The average Bonchev–Trinajstić information content (AvgIpc) is 2.78. The molecule has 33 heavy (non-hydrogen) atoms. The molecule has 0 bridgehead atoms. The first-order valence-corrected chi connectivity index (χ1v) is 11.6. The number of halogens is 1. The molecule has 9 heteroatoms. The van der Waals surface area contributed by atoms with Gasteiger partial charge in [-0.3, -0.25) is 19.0 Å². The molecule has 3 rings (SSSR count). The average molecular weight is 471 g/mol. The molecule has 0 aliphatic carbocycles. The maximum Gasteiger partial charge on any atom is 0.262 e. The first kappa shape index (κ1) is 24.4. The first-order chi connectivity index (χ1) is 15.7. The maximum absolute atomic E-state index is 13.0. The first-order valence-electron chi connectivity index (χ1n) is 10.7. The normalized spacial score (nSPS) is 11.1. The molecule has 0 radical (unpaired) electrons. The van der Waals surface area contributed by atoms with Crippen molar-refractivity contribution in [1.29, 1.82) is 0 Å². The lowest BCUT2D eigenvalue weighted by atomic mass is 10.1. The number of fused-ring (bicyclic) bond motifs is 1. The van der Waals surface area contributed by atoms with Gasteiger partial charge >= 0.3 is 0 Å². The van der Waals surface area contributed by atoms with Crippen LogP contribution in [0.25, 0.3) is 10.9 Å². The molecular formula is C24H27FN4O3S. The van der Waals surface area contributed by atoms with Crippen molar-refractivity contribution in [1.82, 2.24) is 14.5 Å². The summed E-state index contributed by atoms with van der Waals surface area (Å²) in [7, 11) is 1.53. The van der Waals surface area contributed by atoms with Gasteiger partial charge in [0.15, 0.2) is 5.16 Å². The Labute approximate surface area is 196 Å². The van der Waals surface area contributed by atoms with E-state index in [1.165, 1.54) is 48.0 Å². The number of para-hydroxylation sites is 1. The number of hydrogen-bond acceptors (Lipinski definition) is 5. The summed E-state index contributed by atoms with van der Waals surface area (Å²) in [6, 6.07) is 12.6. The minimum absolute atomic E-state index is 0.0345. The molecule has 0 saturated heterocycles. The van der Waals surface area contributed by atoms with Crippen LogP contribution in [0.2, 0.25) is 0 Å². The summed E-state index contributed by atoms with van der Waals surface area (Å²) in [5, 5.41) is 3.66. The van der Waals surface area contributed by atoms with Gasteiger partial charge in [0.2, 0.25) is 11.8 Å². The van der Waals surface area contributed by atoms with Gasteiger partial charge in [-0.1, -0.05) is 37.7 Å². The zero-order valence-corrected chi connectivity index (χ0v) is 19.7. The molecule has 1 N–H and O–H groups in total. The standard InChI is InChI=1S/C24H27FN4O3S/c1-16(2)12-13-29-23(32)19-6-4-5-7-20(19)27-24(29)33-15-22(31)28(3)14-21(30)26-18-10-8-17(25)9-11-18/h4-11,16H,12-15H2,1-3H3,(H,26,30). The fourth-order valence-electron chi connectivity index (χ4n) is 3.12. The predicted octanol–water partition coefficient (Wildman–Crippen LogP) is 3.77. The van der Waals surface area contributed by atoms with Gasteiger partial charge in [-0.25, -0.2) is 9.37 Å². The van der Waals surface area contributed by atoms with Crippen molar-refractivity contribution in [2.75, 3.05) is 24.7 Å². The van der Waals surface area contributed by atoms with Crippen LogP contribution in [-0.2, 0) is 16.1 Å². The van der Waals surface area contributed by atoms with E-state index in [0.717, 1.165) is 6.42 Å². The van der Waals surface area contributed by atoms with Gasteiger partial charge in [-0.05, 0) is 48.7 Å². The largest absolute Gasteiger partial charge is 0.336 e. The third kappa shape index (κ3) is 6.64. The SMILES string of the molecule is CC(C)CCn1c(SCC(=O)N(C)CC(=O)Nc2ccc(F)cc2)nc2ccccc2c1=O. The monoisotopic (exact) mass is 470 g/mol. The Morgan fingerprint density at radius 2 is 1.85 bits per heavy atom. The zero-order chi connectivity index (χ0) is 24.0. The molecule has 174 valence electrons. The third-order valence-electron chi connectivity index (χ3n) is 5.02. The van der Waals surface area contributed by atoms with Crippen molar-refractivity contribution in [3.05, 3.63) is 64.7 Å². The molecule has 1 heterocycles. The molecule has 0 atom stereocenters. The molecular weight excluding hydrogens is 443 g/mol. The van der Waals surface area contributed by atoms with Gasteiger partial charge in [0.25, 0.3) is 5.56 Å². The Morgan fingerprint density at radius 1 is 1.15 bits per heavy atom. The molecule has 0 saturated carbocycles. The van der Waals surface area contributed by atoms with E-state index in [9.17, 15) is 18.8 Å². The van der Waals surface area contributed by atoms with E-state index in [0.29, 0.717) is 34.2 Å². The number of likely N-dealkylation sites (N-methyl/N-ethyl adjacent to an activating group) is 1. The van der Waals surface area contributed by atoms with E-state index in [4.69, 9.17) is 0 Å². The highest BCUT2D eigenvalue weighted by molar-refractivity contribution is 7.99. The van der Waals surface area contributed by atoms with Gasteiger partial charge in [-0.2, -0.15) is 0 Å². The lowest BCUT2D eigenvalue weighted by molar-refractivity contribution is -0.131. The molecule has 2 aromatic carbocycles. The second-order valence-electron chi connectivity index (χ2n) is 8.14. The van der Waals surface area contributed by atoms with E-state index in [2.05, 4.69) is 24.1 Å². The summed E-state index contributed by atoms with van der Waals surface area (Å²) in [5.74, 6) is -0.612. The molecule has 1 aromatic heterocycles. The van der Waals surface area contributed by atoms with Crippen LogP contribution in [-0.4, -0.2) is 45.6 Å². The van der Waals surface area contributed by atoms with Crippen molar-refractivity contribution < 1.29 is 14.0 Å². The zero-order valence-electron chi connectivity index (χ0n) is 18.9. The fourth-order valence-corrected chi connectivity index (χ4v) is 4.08. The molecule has 7 nitrogen and oxygen atoms in total. The minimum atomic E-state index is -0.397. The van der Waals surface area contributed by atoms with Crippen LogP contribution in [0.15, 0.2) is 58.5 Å². The highest BCUT2D eigenvalue weighted by Gasteiger charge is 2.17. The molecule has 3 aromatic rings. The van der Waals surface area contributed by atoms with Crippen LogP contribution in [0.4, 0.5) is 10.1 Å². The van der Waals surface area contributed by atoms with E-state index < -0.39 is 5.82 Å².